The summed E-state index contributed by atoms with van der Waals surface area (Å²) in [5.41, 5.74) is 2.22. The van der Waals surface area contributed by atoms with Gasteiger partial charge in [0, 0.05) is 0 Å². The van der Waals surface area contributed by atoms with Crippen molar-refractivity contribution in [1.29, 1.82) is 0 Å². The summed E-state index contributed by atoms with van der Waals surface area (Å²) in [5.74, 6) is -0.816. The predicted molar refractivity (Wildman–Crippen MR) is 80.7 cm³/mol. The fraction of sp³-hybridized carbons (Fsp3) is 0.529. The van der Waals surface area contributed by atoms with Crippen LogP contribution < -0.4 is 4.90 Å². The van der Waals surface area contributed by atoms with Crippen LogP contribution in [-0.4, -0.2) is 29.9 Å². The van der Waals surface area contributed by atoms with Gasteiger partial charge < -0.3 is 9.64 Å². The maximum atomic E-state index is 12.2. The SMILES string of the molecule is CCc1ccc2c(c1)C(=O)C(=O)N2CC1CCC(C)(C)O1. The highest BCUT2D eigenvalue weighted by molar-refractivity contribution is 6.52. The molecule has 4 heteroatoms. The van der Waals surface area contributed by atoms with Crippen molar-refractivity contribution in [3.8, 4) is 0 Å². The van der Waals surface area contributed by atoms with E-state index in [0.717, 1.165) is 30.5 Å². The molecule has 21 heavy (non-hydrogen) atoms. The molecular weight excluding hydrogens is 266 g/mol. The van der Waals surface area contributed by atoms with Gasteiger partial charge in [-0.1, -0.05) is 13.0 Å². The van der Waals surface area contributed by atoms with Gasteiger partial charge in [-0.2, -0.15) is 0 Å². The molecule has 0 saturated carbocycles. The van der Waals surface area contributed by atoms with Gasteiger partial charge >= 0.3 is 0 Å². The van der Waals surface area contributed by atoms with E-state index in [4.69, 9.17) is 4.74 Å². The fourth-order valence-electron chi connectivity index (χ4n) is 3.16. The van der Waals surface area contributed by atoms with E-state index >= 15 is 0 Å². The number of carbonyl (C=O) groups excluding carboxylic acids is 2. The highest BCUT2D eigenvalue weighted by Gasteiger charge is 2.40. The summed E-state index contributed by atoms with van der Waals surface area (Å²) in [5, 5.41) is 0. The van der Waals surface area contributed by atoms with Gasteiger partial charge in [-0.15, -0.1) is 0 Å². The molecule has 0 aromatic heterocycles. The van der Waals surface area contributed by atoms with Gasteiger partial charge in [0.25, 0.3) is 11.7 Å². The number of ether oxygens (including phenoxy) is 1. The number of aryl methyl sites for hydroxylation is 1. The van der Waals surface area contributed by atoms with E-state index in [2.05, 4.69) is 13.8 Å². The van der Waals surface area contributed by atoms with Crippen molar-refractivity contribution in [1.82, 2.24) is 0 Å². The number of hydrogen-bond acceptors (Lipinski definition) is 3. The van der Waals surface area contributed by atoms with E-state index < -0.39 is 11.7 Å². The topological polar surface area (TPSA) is 46.6 Å². The van der Waals surface area contributed by atoms with Crippen LogP contribution in [0.5, 0.6) is 0 Å². The van der Waals surface area contributed by atoms with Crippen molar-refractivity contribution in [3.05, 3.63) is 29.3 Å². The molecule has 1 fully saturated rings. The molecule has 4 nitrogen and oxygen atoms in total. The molecular formula is C17H21NO3. The van der Waals surface area contributed by atoms with Gasteiger partial charge in [0.2, 0.25) is 0 Å². The molecule has 2 heterocycles. The zero-order valence-corrected chi connectivity index (χ0v) is 12.8. The zero-order valence-electron chi connectivity index (χ0n) is 12.8. The Morgan fingerprint density at radius 2 is 2.10 bits per heavy atom. The molecule has 3 rings (SSSR count). The summed E-state index contributed by atoms with van der Waals surface area (Å²) >= 11 is 0. The number of Topliss-reactive ketones (excluding diaryl/α,β-unsaturated/α-hetero) is 1. The van der Waals surface area contributed by atoms with Crippen molar-refractivity contribution >= 4 is 17.4 Å². The molecule has 1 aromatic carbocycles. The number of ketones is 1. The number of anilines is 1. The number of hydrogen-bond donors (Lipinski definition) is 0. The van der Waals surface area contributed by atoms with E-state index in [1.54, 1.807) is 4.90 Å². The zero-order chi connectivity index (χ0) is 15.2. The van der Waals surface area contributed by atoms with Crippen LogP contribution in [0.4, 0.5) is 5.69 Å². The highest BCUT2D eigenvalue weighted by Crippen LogP contribution is 2.34. The third-order valence-corrected chi connectivity index (χ3v) is 4.38. The second-order valence-electron chi connectivity index (χ2n) is 6.49. The number of nitrogens with zero attached hydrogens (tertiary/aromatic N) is 1. The smallest absolute Gasteiger partial charge is 0.299 e. The van der Waals surface area contributed by atoms with Crippen LogP contribution in [0.25, 0.3) is 0 Å². The summed E-state index contributed by atoms with van der Waals surface area (Å²) in [6.07, 6.45) is 2.77. The number of benzene rings is 1. The van der Waals surface area contributed by atoms with Crippen molar-refractivity contribution in [2.75, 3.05) is 11.4 Å². The first-order valence-electron chi connectivity index (χ1n) is 7.58. The van der Waals surface area contributed by atoms with Crippen LogP contribution >= 0.6 is 0 Å². The average molecular weight is 287 g/mol. The Morgan fingerprint density at radius 3 is 2.71 bits per heavy atom. The molecule has 0 bridgehead atoms. The van der Waals surface area contributed by atoms with Crippen LogP contribution in [0.2, 0.25) is 0 Å². The van der Waals surface area contributed by atoms with Crippen molar-refractivity contribution in [3.63, 3.8) is 0 Å². The highest BCUT2D eigenvalue weighted by atomic mass is 16.5. The number of amides is 1. The number of fused-ring (bicyclic) bond motifs is 1. The van der Waals surface area contributed by atoms with E-state index in [1.807, 2.05) is 25.1 Å². The lowest BCUT2D eigenvalue weighted by molar-refractivity contribution is -0.114. The van der Waals surface area contributed by atoms with Crippen LogP contribution in [0, 0.1) is 0 Å². The first-order valence-corrected chi connectivity index (χ1v) is 7.58. The first kappa shape index (κ1) is 14.3. The second-order valence-corrected chi connectivity index (χ2v) is 6.49. The molecule has 0 N–H and O–H groups in total. The van der Waals surface area contributed by atoms with Gasteiger partial charge in [-0.05, 0) is 50.8 Å². The quantitative estimate of drug-likeness (QED) is 0.803. The Balaban J connectivity index is 1.85. The predicted octanol–water partition coefficient (Wildman–Crippen LogP) is 2.74. The van der Waals surface area contributed by atoms with Crippen LogP contribution in [0.3, 0.4) is 0 Å². The van der Waals surface area contributed by atoms with E-state index in [1.165, 1.54) is 0 Å². The van der Waals surface area contributed by atoms with Crippen LogP contribution in [0.1, 0.15) is 49.5 Å². The molecule has 1 saturated heterocycles. The fourth-order valence-corrected chi connectivity index (χ4v) is 3.16. The Kier molecular flexibility index (Phi) is 3.36. The monoisotopic (exact) mass is 287 g/mol. The molecule has 112 valence electrons. The van der Waals surface area contributed by atoms with E-state index in [9.17, 15) is 9.59 Å². The van der Waals surface area contributed by atoms with Crippen molar-refractivity contribution < 1.29 is 14.3 Å². The minimum absolute atomic E-state index is 0.00792. The Labute approximate surface area is 125 Å². The largest absolute Gasteiger partial charge is 0.370 e. The lowest BCUT2D eigenvalue weighted by Crippen LogP contribution is -2.37. The normalized spacial score (nSPS) is 23.8. The maximum absolute atomic E-state index is 12.2. The summed E-state index contributed by atoms with van der Waals surface area (Å²) in [7, 11) is 0. The average Bonchev–Trinajstić information content (AvgIpc) is 2.91. The molecule has 1 amide bonds. The Hall–Kier alpha value is -1.68. The van der Waals surface area contributed by atoms with Gasteiger partial charge in [-0.25, -0.2) is 0 Å². The Morgan fingerprint density at radius 1 is 1.33 bits per heavy atom. The number of rotatable bonds is 3. The number of carbonyl (C=O) groups is 2. The maximum Gasteiger partial charge on any atom is 0.299 e. The molecule has 2 aliphatic heterocycles. The van der Waals surface area contributed by atoms with Gasteiger partial charge in [0.05, 0.1) is 29.5 Å². The molecule has 1 aromatic rings. The second kappa shape index (κ2) is 4.95. The molecule has 0 aliphatic carbocycles. The third kappa shape index (κ3) is 2.48. The van der Waals surface area contributed by atoms with Gasteiger partial charge in [0.15, 0.2) is 0 Å². The molecule has 0 radical (unpaired) electrons. The van der Waals surface area contributed by atoms with Crippen LogP contribution in [0.15, 0.2) is 18.2 Å². The molecule has 2 aliphatic rings. The lowest BCUT2D eigenvalue weighted by Gasteiger charge is -2.23. The Bertz CT molecular complexity index is 606. The van der Waals surface area contributed by atoms with E-state index in [0.29, 0.717) is 12.1 Å². The molecule has 1 unspecified atom stereocenters. The summed E-state index contributed by atoms with van der Waals surface area (Å²) < 4.78 is 5.95. The summed E-state index contributed by atoms with van der Waals surface area (Å²) in [6, 6.07) is 5.71. The van der Waals surface area contributed by atoms with E-state index in [-0.39, 0.29) is 11.7 Å². The van der Waals surface area contributed by atoms with Crippen molar-refractivity contribution in [2.45, 2.75) is 51.7 Å². The minimum atomic E-state index is -0.424. The summed E-state index contributed by atoms with van der Waals surface area (Å²) in [4.78, 5) is 26.0. The minimum Gasteiger partial charge on any atom is -0.370 e. The molecule has 0 spiro atoms. The van der Waals surface area contributed by atoms with Crippen LogP contribution in [-0.2, 0) is 16.0 Å². The van der Waals surface area contributed by atoms with Crippen molar-refractivity contribution in [2.24, 2.45) is 0 Å². The third-order valence-electron chi connectivity index (χ3n) is 4.38. The standard InChI is InChI=1S/C17H21NO3/c1-4-11-5-6-14-13(9-11)15(19)16(20)18(14)10-12-7-8-17(2,3)21-12/h5-6,9,12H,4,7-8,10H2,1-3H3. The van der Waals surface area contributed by atoms with Gasteiger partial charge in [-0.3, -0.25) is 9.59 Å². The summed E-state index contributed by atoms with van der Waals surface area (Å²) in [6.45, 7) is 6.62. The first-order chi connectivity index (χ1) is 9.91. The lowest BCUT2D eigenvalue weighted by atomic mass is 10.1. The van der Waals surface area contributed by atoms with Gasteiger partial charge in [0.1, 0.15) is 0 Å². The molecule has 1 atom stereocenters.